The second-order valence-corrected chi connectivity index (χ2v) is 4.03. The Labute approximate surface area is 110 Å². The minimum Gasteiger partial charge on any atom is -0.344 e. The number of amides is 1. The lowest BCUT2D eigenvalue weighted by atomic mass is 10.1. The average molecular weight is 262 g/mol. The van der Waals surface area contributed by atoms with Gasteiger partial charge in [-0.25, -0.2) is 0 Å². The van der Waals surface area contributed by atoms with E-state index in [-0.39, 0.29) is 11.9 Å². The molecule has 0 bridgehead atoms. The maximum absolute atomic E-state index is 11.9. The number of hydrogen-bond donors (Lipinski definition) is 1. The van der Waals surface area contributed by atoms with E-state index in [9.17, 15) is 4.79 Å². The molecule has 0 radical (unpaired) electrons. The highest BCUT2D eigenvalue weighted by Crippen LogP contribution is 2.14. The van der Waals surface area contributed by atoms with Gasteiger partial charge in [-0.1, -0.05) is 30.3 Å². The molecule has 1 aromatic carbocycles. The van der Waals surface area contributed by atoms with Gasteiger partial charge in [-0.2, -0.15) is 10.2 Å². The van der Waals surface area contributed by atoms with Gasteiger partial charge >= 0.3 is 0 Å². The molecule has 0 saturated carbocycles. The van der Waals surface area contributed by atoms with Crippen molar-refractivity contribution >= 4 is 17.5 Å². The Morgan fingerprint density at radius 2 is 2.00 bits per heavy atom. The highest BCUT2D eigenvalue weighted by Gasteiger charge is 2.14. The molecule has 0 aliphatic carbocycles. The molecule has 2 rings (SSSR count). The Morgan fingerprint density at radius 1 is 1.22 bits per heavy atom. The fourth-order valence-electron chi connectivity index (χ4n) is 1.56. The number of alkyl halides is 1. The summed E-state index contributed by atoms with van der Waals surface area (Å²) in [5.41, 5.74) is 1.44. The SMILES string of the molecule is O=C(NC(CCl)c1ccccc1)c1ccnnc1. The molecule has 18 heavy (non-hydrogen) atoms. The molecule has 1 amide bonds. The van der Waals surface area contributed by atoms with E-state index in [1.54, 1.807) is 6.07 Å². The van der Waals surface area contributed by atoms with Crippen molar-refractivity contribution in [3.05, 3.63) is 59.9 Å². The first kappa shape index (κ1) is 12.5. The van der Waals surface area contributed by atoms with E-state index in [0.29, 0.717) is 11.4 Å². The molecule has 5 heteroatoms. The van der Waals surface area contributed by atoms with Gasteiger partial charge in [0.2, 0.25) is 0 Å². The van der Waals surface area contributed by atoms with Gasteiger partial charge < -0.3 is 5.32 Å². The maximum atomic E-state index is 11.9. The standard InChI is InChI=1S/C13H12ClN3O/c14-8-12(10-4-2-1-3-5-10)17-13(18)11-6-7-15-16-9-11/h1-7,9,12H,8H2,(H,17,18). The number of halogens is 1. The van der Waals surface area contributed by atoms with Crippen LogP contribution >= 0.6 is 11.6 Å². The van der Waals surface area contributed by atoms with E-state index < -0.39 is 0 Å². The van der Waals surface area contributed by atoms with Crippen LogP contribution in [0, 0.1) is 0 Å². The lowest BCUT2D eigenvalue weighted by Crippen LogP contribution is -2.29. The molecule has 1 N–H and O–H groups in total. The zero-order valence-corrected chi connectivity index (χ0v) is 10.3. The first-order valence-corrected chi connectivity index (χ1v) is 6.03. The summed E-state index contributed by atoms with van der Waals surface area (Å²) in [5.74, 6) is 0.105. The van der Waals surface area contributed by atoms with Gasteiger partial charge in [0, 0.05) is 5.88 Å². The van der Waals surface area contributed by atoms with Crippen LogP contribution in [0.2, 0.25) is 0 Å². The molecule has 4 nitrogen and oxygen atoms in total. The second-order valence-electron chi connectivity index (χ2n) is 3.72. The fraction of sp³-hybridized carbons (Fsp3) is 0.154. The number of aromatic nitrogens is 2. The summed E-state index contributed by atoms with van der Waals surface area (Å²) in [6, 6.07) is 11.0. The molecular weight excluding hydrogens is 250 g/mol. The van der Waals surface area contributed by atoms with Crippen LogP contribution in [0.15, 0.2) is 48.8 Å². The van der Waals surface area contributed by atoms with Crippen LogP contribution in [0.5, 0.6) is 0 Å². The summed E-state index contributed by atoms with van der Waals surface area (Å²) >= 11 is 5.89. The van der Waals surface area contributed by atoms with Crippen LogP contribution in [0.25, 0.3) is 0 Å². The highest BCUT2D eigenvalue weighted by atomic mass is 35.5. The largest absolute Gasteiger partial charge is 0.344 e. The number of rotatable bonds is 4. The molecule has 0 spiro atoms. The fourth-order valence-corrected chi connectivity index (χ4v) is 1.82. The summed E-state index contributed by atoms with van der Waals surface area (Å²) in [4.78, 5) is 11.9. The molecule has 0 aliphatic rings. The summed E-state index contributed by atoms with van der Waals surface area (Å²) in [6.07, 6.45) is 2.90. The Hall–Kier alpha value is -1.94. The van der Waals surface area contributed by atoms with Gasteiger partial charge in [-0.05, 0) is 11.6 Å². The van der Waals surface area contributed by atoms with Gasteiger partial charge in [0.05, 0.1) is 24.0 Å². The quantitative estimate of drug-likeness (QED) is 0.859. The third-order valence-corrected chi connectivity index (χ3v) is 2.82. The average Bonchev–Trinajstić information content (AvgIpc) is 2.46. The van der Waals surface area contributed by atoms with Crippen LogP contribution in [0.1, 0.15) is 22.0 Å². The van der Waals surface area contributed by atoms with E-state index in [1.807, 2.05) is 30.3 Å². The highest BCUT2D eigenvalue weighted by molar-refractivity contribution is 6.18. The zero-order valence-electron chi connectivity index (χ0n) is 9.58. The number of nitrogens with one attached hydrogen (secondary N) is 1. The van der Waals surface area contributed by atoms with Crippen LogP contribution in [-0.2, 0) is 0 Å². The number of carbonyl (C=O) groups excluding carboxylic acids is 1. The van der Waals surface area contributed by atoms with Crippen LogP contribution in [-0.4, -0.2) is 22.0 Å². The van der Waals surface area contributed by atoms with Crippen molar-refractivity contribution < 1.29 is 4.79 Å². The molecule has 1 heterocycles. The third kappa shape index (κ3) is 3.05. The Morgan fingerprint density at radius 3 is 2.61 bits per heavy atom. The molecule has 1 aromatic heterocycles. The van der Waals surface area contributed by atoms with Gasteiger partial charge in [-0.3, -0.25) is 4.79 Å². The zero-order chi connectivity index (χ0) is 12.8. The van der Waals surface area contributed by atoms with Gasteiger partial charge in [-0.15, -0.1) is 11.6 Å². The molecule has 0 fully saturated rings. The van der Waals surface area contributed by atoms with E-state index in [4.69, 9.17) is 11.6 Å². The van der Waals surface area contributed by atoms with E-state index in [0.717, 1.165) is 5.56 Å². The third-order valence-electron chi connectivity index (χ3n) is 2.51. The van der Waals surface area contributed by atoms with Crippen molar-refractivity contribution in [2.75, 3.05) is 5.88 Å². The van der Waals surface area contributed by atoms with Crippen molar-refractivity contribution in [1.29, 1.82) is 0 Å². The lowest BCUT2D eigenvalue weighted by Gasteiger charge is -2.16. The van der Waals surface area contributed by atoms with E-state index in [1.165, 1.54) is 12.4 Å². The molecule has 0 aliphatic heterocycles. The van der Waals surface area contributed by atoms with Crippen molar-refractivity contribution in [2.45, 2.75) is 6.04 Å². The van der Waals surface area contributed by atoms with Gasteiger partial charge in [0.1, 0.15) is 0 Å². The molecule has 0 saturated heterocycles. The smallest absolute Gasteiger partial charge is 0.253 e. The van der Waals surface area contributed by atoms with Crippen LogP contribution in [0.3, 0.4) is 0 Å². The summed E-state index contributed by atoms with van der Waals surface area (Å²) in [6.45, 7) is 0. The molecule has 1 atom stereocenters. The number of hydrogen-bond acceptors (Lipinski definition) is 3. The van der Waals surface area contributed by atoms with Crippen molar-refractivity contribution in [3.63, 3.8) is 0 Å². The van der Waals surface area contributed by atoms with Crippen molar-refractivity contribution in [3.8, 4) is 0 Å². The summed E-state index contributed by atoms with van der Waals surface area (Å²) < 4.78 is 0. The summed E-state index contributed by atoms with van der Waals surface area (Å²) in [5, 5.41) is 10.2. The molecule has 1 unspecified atom stereocenters. The lowest BCUT2D eigenvalue weighted by molar-refractivity contribution is 0.0940. The molecular formula is C13H12ClN3O. The van der Waals surface area contributed by atoms with E-state index >= 15 is 0 Å². The van der Waals surface area contributed by atoms with Crippen LogP contribution in [0.4, 0.5) is 0 Å². The van der Waals surface area contributed by atoms with Crippen LogP contribution < -0.4 is 5.32 Å². The number of carbonyl (C=O) groups is 1. The van der Waals surface area contributed by atoms with Crippen molar-refractivity contribution in [1.82, 2.24) is 15.5 Å². The first-order valence-electron chi connectivity index (χ1n) is 5.49. The summed E-state index contributed by atoms with van der Waals surface area (Å²) in [7, 11) is 0. The number of benzene rings is 1. The predicted octanol–water partition coefficient (Wildman–Crippen LogP) is 2.19. The van der Waals surface area contributed by atoms with E-state index in [2.05, 4.69) is 15.5 Å². The molecule has 2 aromatic rings. The molecule has 92 valence electrons. The van der Waals surface area contributed by atoms with Gasteiger partial charge in [0.25, 0.3) is 5.91 Å². The number of nitrogens with zero attached hydrogens (tertiary/aromatic N) is 2. The normalized spacial score (nSPS) is 11.8. The predicted molar refractivity (Wildman–Crippen MR) is 69.4 cm³/mol. The van der Waals surface area contributed by atoms with Gasteiger partial charge in [0.15, 0.2) is 0 Å². The minimum atomic E-state index is -0.214. The van der Waals surface area contributed by atoms with Crippen molar-refractivity contribution in [2.24, 2.45) is 0 Å². The Balaban J connectivity index is 2.10. The first-order chi connectivity index (χ1) is 8.81. The Kier molecular flexibility index (Phi) is 4.25. The second kappa shape index (κ2) is 6.12. The Bertz CT molecular complexity index is 504. The topological polar surface area (TPSA) is 54.9 Å². The maximum Gasteiger partial charge on any atom is 0.253 e. The minimum absolute atomic E-state index is 0.209. The monoisotopic (exact) mass is 261 g/mol.